The average Bonchev–Trinajstić information content (AvgIpc) is 2.95. The number of aromatic nitrogens is 2. The van der Waals surface area contributed by atoms with E-state index in [1.807, 2.05) is 18.2 Å². The van der Waals surface area contributed by atoms with Gasteiger partial charge in [-0.3, -0.25) is 4.98 Å². The van der Waals surface area contributed by atoms with Gasteiger partial charge in [-0.15, -0.1) is 0 Å². The van der Waals surface area contributed by atoms with Crippen molar-refractivity contribution in [2.45, 2.75) is 12.5 Å². The molecule has 4 N–H and O–H groups in total. The van der Waals surface area contributed by atoms with Crippen molar-refractivity contribution in [3.63, 3.8) is 0 Å². The largest absolute Gasteiger partial charge is 0.377 e. The lowest BCUT2D eigenvalue weighted by Gasteiger charge is -2.33. The molecule has 0 saturated heterocycles. The number of nitrogens with zero attached hydrogens (tertiary/aromatic N) is 3. The lowest BCUT2D eigenvalue weighted by atomic mass is 9.84. The van der Waals surface area contributed by atoms with Crippen LogP contribution in [0.25, 0.3) is 11.3 Å². The van der Waals surface area contributed by atoms with Crippen LogP contribution in [0, 0.1) is 0 Å². The van der Waals surface area contributed by atoms with E-state index in [9.17, 15) is 4.79 Å². The monoisotopic (exact) mass is 602 g/mol. The number of carbonyl (C=O) groups is 1. The van der Waals surface area contributed by atoms with Gasteiger partial charge in [0, 0.05) is 47.7 Å². The van der Waals surface area contributed by atoms with Crippen molar-refractivity contribution >= 4 is 35.1 Å². The van der Waals surface area contributed by atoms with Crippen molar-refractivity contribution in [2.75, 3.05) is 71.6 Å². The van der Waals surface area contributed by atoms with Gasteiger partial charge in [-0.1, -0.05) is 41.4 Å². The summed E-state index contributed by atoms with van der Waals surface area (Å²) < 4.78 is 16.4. The number of halogens is 2. The van der Waals surface area contributed by atoms with E-state index in [0.717, 1.165) is 29.9 Å². The van der Waals surface area contributed by atoms with Crippen molar-refractivity contribution in [1.82, 2.24) is 20.2 Å². The molecule has 1 atom stereocenters. The van der Waals surface area contributed by atoms with E-state index in [1.54, 1.807) is 12.4 Å². The van der Waals surface area contributed by atoms with Gasteiger partial charge in [-0.2, -0.15) is 0 Å². The molecule has 41 heavy (non-hydrogen) atoms. The van der Waals surface area contributed by atoms with Gasteiger partial charge in [-0.05, 0) is 41.9 Å². The molecule has 2 amide bonds. The Balaban J connectivity index is 1.23. The van der Waals surface area contributed by atoms with Crippen molar-refractivity contribution < 1.29 is 19.0 Å². The van der Waals surface area contributed by atoms with Gasteiger partial charge in [0.2, 0.25) is 0 Å². The average molecular weight is 604 g/mol. The fourth-order valence-corrected chi connectivity index (χ4v) is 5.24. The van der Waals surface area contributed by atoms with Gasteiger partial charge in [0.15, 0.2) is 0 Å². The number of amides is 2. The van der Waals surface area contributed by atoms with E-state index in [4.69, 9.17) is 48.1 Å². The minimum atomic E-state index is -0.561. The third-order valence-electron chi connectivity index (χ3n) is 6.55. The second kappa shape index (κ2) is 15.9. The molecule has 0 radical (unpaired) electrons. The Bertz CT molecular complexity index is 1300. The summed E-state index contributed by atoms with van der Waals surface area (Å²) in [6, 6.07) is 11.7. The second-order valence-electron chi connectivity index (χ2n) is 9.67. The Morgan fingerprint density at radius 3 is 2.51 bits per heavy atom. The number of hydrogen-bond donors (Lipinski definition) is 3. The molecule has 220 valence electrons. The van der Waals surface area contributed by atoms with Crippen LogP contribution in [0.4, 0.5) is 10.6 Å². The number of anilines is 1. The first-order valence-electron chi connectivity index (χ1n) is 13.5. The van der Waals surface area contributed by atoms with Gasteiger partial charge in [0.05, 0.1) is 57.7 Å². The molecule has 0 fully saturated rings. The number of carbonyl (C=O) groups excluding carboxylic acids is 1. The van der Waals surface area contributed by atoms with E-state index in [-0.39, 0.29) is 5.92 Å². The number of likely N-dealkylation sites (N-methyl/N-ethyl adjacent to an activating group) is 1. The predicted molar refractivity (Wildman–Crippen MR) is 161 cm³/mol. The summed E-state index contributed by atoms with van der Waals surface area (Å²) in [7, 11) is 2.11. The molecular formula is C29H36Cl2N6O4. The molecule has 0 aliphatic carbocycles. The summed E-state index contributed by atoms with van der Waals surface area (Å²) in [6.07, 6.45) is 3.47. The van der Waals surface area contributed by atoms with Crippen molar-refractivity contribution in [2.24, 2.45) is 5.73 Å². The molecule has 0 bridgehead atoms. The number of urea groups is 1. The maximum absolute atomic E-state index is 10.6. The fourth-order valence-electron chi connectivity index (χ4n) is 4.68. The highest BCUT2D eigenvalue weighted by molar-refractivity contribution is 6.35. The van der Waals surface area contributed by atoms with Crippen LogP contribution in [0.5, 0.6) is 0 Å². The van der Waals surface area contributed by atoms with Crippen molar-refractivity contribution in [3.8, 4) is 11.3 Å². The quantitative estimate of drug-likeness (QED) is 0.222. The molecule has 3 aromatic rings. The molecular weight excluding hydrogens is 567 g/mol. The molecule has 10 nitrogen and oxygen atoms in total. The number of primary amides is 1. The molecule has 0 saturated carbocycles. The summed E-state index contributed by atoms with van der Waals surface area (Å²) >= 11 is 12.9. The Hall–Kier alpha value is -2.99. The van der Waals surface area contributed by atoms with Crippen molar-refractivity contribution in [3.05, 3.63) is 75.5 Å². The zero-order chi connectivity index (χ0) is 29.0. The van der Waals surface area contributed by atoms with Gasteiger partial charge < -0.3 is 35.5 Å². The first-order chi connectivity index (χ1) is 19.9. The number of benzene rings is 2. The third kappa shape index (κ3) is 9.53. The normalized spacial score (nSPS) is 15.0. The molecule has 1 aliphatic heterocycles. The summed E-state index contributed by atoms with van der Waals surface area (Å²) in [6.45, 7) is 5.35. The maximum Gasteiger partial charge on any atom is 0.312 e. The molecule has 2 heterocycles. The van der Waals surface area contributed by atoms with Gasteiger partial charge in [-0.25, -0.2) is 9.78 Å². The fraction of sp³-hybridized carbons (Fsp3) is 0.414. The van der Waals surface area contributed by atoms with Gasteiger partial charge in [0.25, 0.3) is 0 Å². The number of hydrogen-bond acceptors (Lipinski definition) is 8. The lowest BCUT2D eigenvalue weighted by Crippen LogP contribution is -2.32. The van der Waals surface area contributed by atoms with Gasteiger partial charge in [0.1, 0.15) is 5.82 Å². The summed E-state index contributed by atoms with van der Waals surface area (Å²) in [5.41, 5.74) is 10.2. The van der Waals surface area contributed by atoms with E-state index in [0.29, 0.717) is 68.6 Å². The van der Waals surface area contributed by atoms with E-state index >= 15 is 0 Å². The zero-order valence-corrected chi connectivity index (χ0v) is 24.6. The number of rotatable bonds is 15. The van der Waals surface area contributed by atoms with E-state index < -0.39 is 6.03 Å². The van der Waals surface area contributed by atoms with E-state index in [1.165, 1.54) is 11.1 Å². The maximum atomic E-state index is 10.6. The summed E-state index contributed by atoms with van der Waals surface area (Å²) in [5, 5.41) is 7.08. The van der Waals surface area contributed by atoms with E-state index in [2.05, 4.69) is 45.8 Å². The summed E-state index contributed by atoms with van der Waals surface area (Å²) in [5.74, 6) is 0.824. The third-order valence-corrected chi connectivity index (χ3v) is 7.11. The highest BCUT2D eigenvalue weighted by Crippen LogP contribution is 2.39. The van der Waals surface area contributed by atoms with Crippen LogP contribution in [-0.4, -0.2) is 87.2 Å². The topological polar surface area (TPSA) is 124 Å². The first kappa shape index (κ1) is 31.0. The molecule has 0 unspecified atom stereocenters. The second-order valence-corrected chi connectivity index (χ2v) is 10.5. The minimum absolute atomic E-state index is 0.147. The number of ether oxygens (including phenoxy) is 3. The Morgan fingerprint density at radius 1 is 1.02 bits per heavy atom. The molecule has 12 heteroatoms. The van der Waals surface area contributed by atoms with Crippen LogP contribution >= 0.6 is 23.2 Å². The van der Waals surface area contributed by atoms with Crippen LogP contribution < -0.4 is 16.4 Å². The molecule has 1 aliphatic rings. The molecule has 0 spiro atoms. The van der Waals surface area contributed by atoms with Crippen LogP contribution in [0.2, 0.25) is 10.0 Å². The lowest BCUT2D eigenvalue weighted by molar-refractivity contribution is 0.0173. The first-order valence-corrected chi connectivity index (χ1v) is 14.3. The zero-order valence-electron chi connectivity index (χ0n) is 23.1. The Morgan fingerprint density at radius 2 is 1.76 bits per heavy atom. The highest BCUT2D eigenvalue weighted by atomic mass is 35.5. The Labute approximate surface area is 250 Å². The molecule has 4 rings (SSSR count). The highest BCUT2D eigenvalue weighted by Gasteiger charge is 2.27. The predicted octanol–water partition coefficient (Wildman–Crippen LogP) is 4.16. The summed E-state index contributed by atoms with van der Waals surface area (Å²) in [4.78, 5) is 22.0. The number of nitrogens with two attached hydrogens (primary N) is 1. The minimum Gasteiger partial charge on any atom is -0.377 e. The van der Waals surface area contributed by atoms with Crippen LogP contribution in [-0.2, 0) is 20.8 Å². The number of fused-ring (bicyclic) bond motifs is 1. The smallest absolute Gasteiger partial charge is 0.312 e. The van der Waals surface area contributed by atoms with Crippen LogP contribution in [0.3, 0.4) is 0 Å². The Kier molecular flexibility index (Phi) is 12.0. The van der Waals surface area contributed by atoms with Gasteiger partial charge >= 0.3 is 6.03 Å². The van der Waals surface area contributed by atoms with Crippen LogP contribution in [0.15, 0.2) is 48.8 Å². The molecule has 2 aromatic carbocycles. The van der Waals surface area contributed by atoms with Crippen LogP contribution in [0.1, 0.15) is 22.6 Å². The standard InChI is InChI=1S/C29H36Cl2N6O4/c1-37-18-24(23-14-22(30)15-26(31)25(23)19-37)20-3-2-4-21(13-20)27-16-33-17-28(36-27)34-5-7-39-9-11-41-12-10-40-8-6-35-29(32)38/h2-4,13-17,24H,5-12,18-19H2,1H3,(H,34,36)(H3,32,35,38)/t24-/m0/s1. The SMILES string of the molecule is CN1Cc2c(Cl)cc(Cl)cc2[C@H](c2cccc(-c3cncc(NCCOCCOCCOCCNC(N)=O)n3)c2)C1. The molecule has 1 aromatic heterocycles. The van der Waals surface area contributed by atoms with Crippen molar-refractivity contribution in [1.29, 1.82) is 0 Å². The number of nitrogens with one attached hydrogen (secondary N) is 2.